The molecule has 0 amide bonds. The molecule has 116 valence electrons. The Morgan fingerprint density at radius 3 is 2.81 bits per heavy atom. The highest BCUT2D eigenvalue weighted by Gasteiger charge is 2.04. The number of carbonyl (C=O) groups excluding carboxylic acids is 1. The molecule has 0 saturated heterocycles. The van der Waals surface area contributed by atoms with E-state index in [1.165, 1.54) is 25.3 Å². The average molecular weight is 333 g/mol. The summed E-state index contributed by atoms with van der Waals surface area (Å²) in [6, 6.07) is 4.06. The Morgan fingerprint density at radius 1 is 1.38 bits per heavy atom. The minimum atomic E-state index is -0.393. The number of carbonyl (C=O) groups is 1. The molecule has 0 atom stereocenters. The number of methoxy groups -OCH3 is 1. The second-order valence-corrected chi connectivity index (χ2v) is 5.21. The SMILES string of the molecule is COC(=O)CCCCCNC(=S)Nc1ccc(F)cc1Cl. The molecule has 1 aromatic carbocycles. The minimum Gasteiger partial charge on any atom is -0.469 e. The molecule has 0 heterocycles. The van der Waals surface area contributed by atoms with Gasteiger partial charge in [-0.3, -0.25) is 4.79 Å². The molecule has 0 aromatic heterocycles. The van der Waals surface area contributed by atoms with Crippen LogP contribution in [0.3, 0.4) is 0 Å². The van der Waals surface area contributed by atoms with E-state index in [2.05, 4.69) is 15.4 Å². The third-order valence-corrected chi connectivity index (χ3v) is 3.31. The number of halogens is 2. The molecule has 0 fully saturated rings. The van der Waals surface area contributed by atoms with Crippen molar-refractivity contribution >= 4 is 40.6 Å². The smallest absolute Gasteiger partial charge is 0.305 e. The second-order valence-electron chi connectivity index (χ2n) is 4.39. The fourth-order valence-electron chi connectivity index (χ4n) is 1.63. The first-order valence-corrected chi connectivity index (χ1v) is 7.38. The van der Waals surface area contributed by atoms with E-state index >= 15 is 0 Å². The molecule has 0 spiro atoms. The molecule has 0 aliphatic rings. The van der Waals surface area contributed by atoms with Crippen molar-refractivity contribution < 1.29 is 13.9 Å². The molecule has 21 heavy (non-hydrogen) atoms. The maximum atomic E-state index is 12.9. The highest BCUT2D eigenvalue weighted by Crippen LogP contribution is 2.22. The largest absolute Gasteiger partial charge is 0.469 e. The standard InChI is InChI=1S/C14H18ClFN2O2S/c1-20-13(19)5-3-2-4-8-17-14(21)18-12-7-6-10(16)9-11(12)15/h6-7,9H,2-5,8H2,1H3,(H2,17,18,21). The van der Waals surface area contributed by atoms with E-state index in [0.717, 1.165) is 19.3 Å². The maximum absolute atomic E-state index is 12.9. The van der Waals surface area contributed by atoms with Crippen LogP contribution < -0.4 is 10.6 Å². The van der Waals surface area contributed by atoms with Crippen LogP contribution in [0.2, 0.25) is 5.02 Å². The maximum Gasteiger partial charge on any atom is 0.305 e. The lowest BCUT2D eigenvalue weighted by Crippen LogP contribution is -2.29. The number of unbranched alkanes of at least 4 members (excludes halogenated alkanes) is 2. The number of hydrogen-bond donors (Lipinski definition) is 2. The third kappa shape index (κ3) is 7.24. The van der Waals surface area contributed by atoms with Crippen LogP contribution in [0.4, 0.5) is 10.1 Å². The lowest BCUT2D eigenvalue weighted by atomic mass is 10.2. The number of anilines is 1. The summed E-state index contributed by atoms with van der Waals surface area (Å²) in [4.78, 5) is 10.9. The first kappa shape index (κ1) is 17.7. The zero-order valence-corrected chi connectivity index (χ0v) is 13.3. The Bertz CT molecular complexity index is 500. The molecule has 0 bridgehead atoms. The molecule has 4 nitrogen and oxygen atoms in total. The Morgan fingerprint density at radius 2 is 2.14 bits per heavy atom. The van der Waals surface area contributed by atoms with Crippen LogP contribution in [0.1, 0.15) is 25.7 Å². The minimum absolute atomic E-state index is 0.189. The molecular formula is C14H18ClFN2O2S. The van der Waals surface area contributed by atoms with E-state index in [1.54, 1.807) is 0 Å². The second kappa shape index (κ2) is 9.52. The Balaban J connectivity index is 2.18. The van der Waals surface area contributed by atoms with Gasteiger partial charge in [-0.05, 0) is 43.3 Å². The molecular weight excluding hydrogens is 315 g/mol. The van der Waals surface area contributed by atoms with E-state index in [0.29, 0.717) is 23.8 Å². The van der Waals surface area contributed by atoms with Gasteiger partial charge in [-0.1, -0.05) is 18.0 Å². The van der Waals surface area contributed by atoms with Crippen molar-refractivity contribution in [1.29, 1.82) is 0 Å². The molecule has 0 aliphatic carbocycles. The monoisotopic (exact) mass is 332 g/mol. The van der Waals surface area contributed by atoms with Crippen LogP contribution in [0.25, 0.3) is 0 Å². The summed E-state index contributed by atoms with van der Waals surface area (Å²) >= 11 is 11.0. The fourth-order valence-corrected chi connectivity index (χ4v) is 2.06. The van der Waals surface area contributed by atoms with Gasteiger partial charge < -0.3 is 15.4 Å². The summed E-state index contributed by atoms with van der Waals surface area (Å²) in [7, 11) is 1.38. The number of thiocarbonyl (C=S) groups is 1. The molecule has 0 saturated carbocycles. The van der Waals surface area contributed by atoms with Crippen molar-refractivity contribution in [3.63, 3.8) is 0 Å². The average Bonchev–Trinajstić information content (AvgIpc) is 2.45. The molecule has 0 unspecified atom stereocenters. The van der Waals surface area contributed by atoms with E-state index in [4.69, 9.17) is 23.8 Å². The summed E-state index contributed by atoms with van der Waals surface area (Å²) in [5, 5.41) is 6.63. The van der Waals surface area contributed by atoms with Crippen molar-refractivity contribution in [2.45, 2.75) is 25.7 Å². The van der Waals surface area contributed by atoms with E-state index in [1.807, 2.05) is 0 Å². The molecule has 1 rings (SSSR count). The van der Waals surface area contributed by atoms with Crippen molar-refractivity contribution in [3.8, 4) is 0 Å². The van der Waals surface area contributed by atoms with Crippen molar-refractivity contribution in [2.24, 2.45) is 0 Å². The first-order chi connectivity index (χ1) is 10.0. The number of benzene rings is 1. The lowest BCUT2D eigenvalue weighted by Gasteiger charge is -2.11. The van der Waals surface area contributed by atoms with Gasteiger partial charge in [0.25, 0.3) is 0 Å². The lowest BCUT2D eigenvalue weighted by molar-refractivity contribution is -0.140. The van der Waals surface area contributed by atoms with Crippen LogP contribution in [0, 0.1) is 5.82 Å². The Kier molecular flexibility index (Phi) is 8.00. The zero-order chi connectivity index (χ0) is 15.7. The summed E-state index contributed by atoms with van der Waals surface area (Å²) in [6.07, 6.45) is 3.01. The van der Waals surface area contributed by atoms with Crippen molar-refractivity contribution in [3.05, 3.63) is 29.0 Å². The van der Waals surface area contributed by atoms with Gasteiger partial charge in [-0.15, -0.1) is 0 Å². The normalized spacial score (nSPS) is 10.0. The number of nitrogens with one attached hydrogen (secondary N) is 2. The summed E-state index contributed by atoms with van der Waals surface area (Å²) in [5.41, 5.74) is 0.557. The molecule has 1 aromatic rings. The third-order valence-electron chi connectivity index (χ3n) is 2.75. The number of ether oxygens (including phenoxy) is 1. The highest BCUT2D eigenvalue weighted by molar-refractivity contribution is 7.80. The van der Waals surface area contributed by atoms with Gasteiger partial charge >= 0.3 is 5.97 Å². The number of esters is 1. The van der Waals surface area contributed by atoms with Gasteiger partial charge in [0.05, 0.1) is 17.8 Å². The van der Waals surface area contributed by atoms with Crippen LogP contribution in [0.5, 0.6) is 0 Å². The first-order valence-electron chi connectivity index (χ1n) is 6.59. The molecule has 2 N–H and O–H groups in total. The van der Waals surface area contributed by atoms with E-state index in [9.17, 15) is 9.18 Å². The van der Waals surface area contributed by atoms with Gasteiger partial charge in [0, 0.05) is 13.0 Å². The summed E-state index contributed by atoms with van der Waals surface area (Å²) in [6.45, 7) is 0.686. The molecule has 0 radical (unpaired) electrons. The Hall–Kier alpha value is -1.40. The van der Waals surface area contributed by atoms with Crippen LogP contribution >= 0.6 is 23.8 Å². The number of rotatable bonds is 7. The van der Waals surface area contributed by atoms with Gasteiger partial charge in [0.2, 0.25) is 0 Å². The van der Waals surface area contributed by atoms with Crippen LogP contribution in [-0.2, 0) is 9.53 Å². The van der Waals surface area contributed by atoms with Crippen LogP contribution in [-0.4, -0.2) is 24.7 Å². The topological polar surface area (TPSA) is 50.4 Å². The van der Waals surface area contributed by atoms with Crippen molar-refractivity contribution in [1.82, 2.24) is 5.32 Å². The molecule has 0 aliphatic heterocycles. The van der Waals surface area contributed by atoms with Gasteiger partial charge in [-0.2, -0.15) is 0 Å². The van der Waals surface area contributed by atoms with Gasteiger partial charge in [0.1, 0.15) is 5.82 Å². The predicted octanol–water partition coefficient (Wildman–Crippen LogP) is 3.50. The van der Waals surface area contributed by atoms with Gasteiger partial charge in [-0.25, -0.2) is 4.39 Å². The number of hydrogen-bond acceptors (Lipinski definition) is 3. The quantitative estimate of drug-likeness (QED) is 0.454. The zero-order valence-electron chi connectivity index (χ0n) is 11.7. The summed E-state index contributed by atoms with van der Waals surface area (Å²) in [5.74, 6) is -0.582. The van der Waals surface area contributed by atoms with Crippen molar-refractivity contribution in [2.75, 3.05) is 19.0 Å². The summed E-state index contributed by atoms with van der Waals surface area (Å²) < 4.78 is 17.5. The fraction of sp³-hybridized carbons (Fsp3) is 0.429. The predicted molar refractivity (Wildman–Crippen MR) is 86.1 cm³/mol. The van der Waals surface area contributed by atoms with Gasteiger partial charge in [0.15, 0.2) is 5.11 Å². The highest BCUT2D eigenvalue weighted by atomic mass is 35.5. The van der Waals surface area contributed by atoms with Crippen LogP contribution in [0.15, 0.2) is 18.2 Å². The van der Waals surface area contributed by atoms with E-state index < -0.39 is 5.82 Å². The molecule has 7 heteroatoms. The Labute approximate surface area is 134 Å². The van der Waals surface area contributed by atoms with E-state index in [-0.39, 0.29) is 11.0 Å².